The van der Waals surface area contributed by atoms with E-state index < -0.39 is 24.6 Å². The van der Waals surface area contributed by atoms with Gasteiger partial charge in [-0.2, -0.15) is 0 Å². The van der Waals surface area contributed by atoms with E-state index in [1.54, 1.807) is 0 Å². The summed E-state index contributed by atoms with van der Waals surface area (Å²) in [6, 6.07) is -0.529. The smallest absolute Gasteiger partial charge is 0.465 e. The lowest BCUT2D eigenvalue weighted by Gasteiger charge is -2.35. The molecule has 19 heavy (non-hydrogen) atoms. The summed E-state index contributed by atoms with van der Waals surface area (Å²) in [7, 11) is 0. The van der Waals surface area contributed by atoms with Gasteiger partial charge in [0.1, 0.15) is 6.29 Å². The molecule has 1 aliphatic rings. The molecule has 0 aromatic rings. The maximum absolute atomic E-state index is 12.1. The Morgan fingerprint density at radius 1 is 1.42 bits per heavy atom. The summed E-state index contributed by atoms with van der Waals surface area (Å²) in [6.07, 6.45) is -5.10. The number of aldehydes is 1. The molecular formula is C11H16F3NO4. The van der Waals surface area contributed by atoms with Crippen LogP contribution in [0.1, 0.15) is 32.1 Å². The van der Waals surface area contributed by atoms with E-state index in [0.717, 1.165) is 4.90 Å². The molecule has 1 N–H and O–H groups in total. The van der Waals surface area contributed by atoms with E-state index in [9.17, 15) is 22.8 Å². The van der Waals surface area contributed by atoms with Crippen molar-refractivity contribution in [2.24, 2.45) is 0 Å². The highest BCUT2D eigenvalue weighted by molar-refractivity contribution is 5.66. The van der Waals surface area contributed by atoms with Crippen LogP contribution < -0.4 is 0 Å². The minimum atomic E-state index is -4.70. The number of hydrogen-bond acceptors (Lipinski definition) is 3. The predicted molar refractivity (Wildman–Crippen MR) is 58.6 cm³/mol. The second-order valence-electron chi connectivity index (χ2n) is 4.44. The van der Waals surface area contributed by atoms with Crippen molar-refractivity contribution < 1.29 is 32.6 Å². The number of carboxylic acid groups (broad SMARTS) is 1. The van der Waals surface area contributed by atoms with Crippen molar-refractivity contribution in [3.05, 3.63) is 0 Å². The molecule has 0 heterocycles. The molecule has 0 aliphatic heterocycles. The predicted octanol–water partition coefficient (Wildman–Crippen LogP) is 2.40. The highest BCUT2D eigenvalue weighted by Gasteiger charge is 2.37. The van der Waals surface area contributed by atoms with Gasteiger partial charge >= 0.3 is 12.5 Å². The number of hydrogen-bond donors (Lipinski definition) is 1. The van der Waals surface area contributed by atoms with Gasteiger partial charge in [0.2, 0.25) is 0 Å². The van der Waals surface area contributed by atoms with E-state index in [-0.39, 0.29) is 25.8 Å². The van der Waals surface area contributed by atoms with E-state index >= 15 is 0 Å². The Morgan fingerprint density at radius 2 is 2.11 bits per heavy atom. The molecule has 1 fully saturated rings. The normalized spacial score (nSPS) is 23.9. The van der Waals surface area contributed by atoms with Crippen LogP contribution in [-0.2, 0) is 9.53 Å². The average Bonchev–Trinajstić information content (AvgIpc) is 2.27. The van der Waals surface area contributed by atoms with Gasteiger partial charge in [0.05, 0.1) is 6.10 Å². The minimum Gasteiger partial charge on any atom is -0.465 e. The Hall–Kier alpha value is -1.31. The lowest BCUT2D eigenvalue weighted by atomic mass is 9.91. The standard InChI is InChI=1S/C11H16F3NO4/c12-11(13,14)19-9-4-1-3-8(7-9)15(10(17)18)5-2-6-16/h6,8-9H,1-5,7H2,(H,17,18). The van der Waals surface area contributed by atoms with Gasteiger partial charge < -0.3 is 14.8 Å². The third-order valence-corrected chi connectivity index (χ3v) is 3.07. The van der Waals surface area contributed by atoms with Crippen LogP contribution in [0.5, 0.6) is 0 Å². The number of rotatable bonds is 5. The molecule has 0 aromatic heterocycles. The first-order valence-corrected chi connectivity index (χ1v) is 6.01. The monoisotopic (exact) mass is 283 g/mol. The van der Waals surface area contributed by atoms with Crippen molar-refractivity contribution in [2.75, 3.05) is 6.54 Å². The first kappa shape index (κ1) is 15.7. The number of carbonyl (C=O) groups excluding carboxylic acids is 1. The summed E-state index contributed by atoms with van der Waals surface area (Å²) >= 11 is 0. The first-order chi connectivity index (χ1) is 8.83. The van der Waals surface area contributed by atoms with Gasteiger partial charge in [-0.3, -0.25) is 4.74 Å². The molecule has 2 atom stereocenters. The number of amides is 1. The SMILES string of the molecule is O=CCCN(C(=O)O)C1CCCC(OC(F)(F)F)C1. The van der Waals surface area contributed by atoms with Crippen molar-refractivity contribution in [1.82, 2.24) is 4.90 Å². The Morgan fingerprint density at radius 3 is 2.63 bits per heavy atom. The Kier molecular flexibility index (Phi) is 5.59. The molecule has 1 aliphatic carbocycles. The fraction of sp³-hybridized carbons (Fsp3) is 0.818. The molecule has 110 valence electrons. The highest BCUT2D eigenvalue weighted by Crippen LogP contribution is 2.30. The molecule has 0 saturated heterocycles. The van der Waals surface area contributed by atoms with Gasteiger partial charge in [-0.15, -0.1) is 13.2 Å². The van der Waals surface area contributed by atoms with Crippen molar-refractivity contribution in [3.8, 4) is 0 Å². The van der Waals surface area contributed by atoms with Crippen LogP contribution in [0.2, 0.25) is 0 Å². The highest BCUT2D eigenvalue weighted by atomic mass is 19.4. The number of ether oxygens (including phenoxy) is 1. The molecule has 1 rings (SSSR count). The van der Waals surface area contributed by atoms with Crippen LogP contribution in [0.25, 0.3) is 0 Å². The van der Waals surface area contributed by atoms with Gasteiger partial charge in [0.15, 0.2) is 0 Å². The van der Waals surface area contributed by atoms with E-state index in [0.29, 0.717) is 19.1 Å². The van der Waals surface area contributed by atoms with Gasteiger partial charge in [-0.25, -0.2) is 4.79 Å². The summed E-state index contributed by atoms with van der Waals surface area (Å²) in [5.74, 6) is 0. The number of carbonyl (C=O) groups is 2. The van der Waals surface area contributed by atoms with Gasteiger partial charge in [-0.1, -0.05) is 0 Å². The van der Waals surface area contributed by atoms with Crippen molar-refractivity contribution in [1.29, 1.82) is 0 Å². The molecule has 0 spiro atoms. The zero-order chi connectivity index (χ0) is 14.5. The Balaban J connectivity index is 2.60. The molecule has 2 unspecified atom stereocenters. The van der Waals surface area contributed by atoms with E-state index in [1.165, 1.54) is 0 Å². The third kappa shape index (κ3) is 5.46. The second kappa shape index (κ2) is 6.74. The maximum Gasteiger partial charge on any atom is 0.522 e. The fourth-order valence-electron chi connectivity index (χ4n) is 2.33. The van der Waals surface area contributed by atoms with Gasteiger partial charge in [0.25, 0.3) is 0 Å². The summed E-state index contributed by atoms with van der Waals surface area (Å²) < 4.78 is 40.3. The average molecular weight is 283 g/mol. The molecular weight excluding hydrogens is 267 g/mol. The zero-order valence-corrected chi connectivity index (χ0v) is 10.2. The number of alkyl halides is 3. The Bertz CT molecular complexity index is 322. The third-order valence-electron chi connectivity index (χ3n) is 3.07. The van der Waals surface area contributed by atoms with Crippen LogP contribution in [0.15, 0.2) is 0 Å². The summed E-state index contributed by atoms with van der Waals surface area (Å²) in [5.41, 5.74) is 0. The van der Waals surface area contributed by atoms with Crippen molar-refractivity contribution in [3.63, 3.8) is 0 Å². The second-order valence-corrected chi connectivity index (χ2v) is 4.44. The van der Waals surface area contributed by atoms with Crippen molar-refractivity contribution >= 4 is 12.4 Å². The quantitative estimate of drug-likeness (QED) is 0.787. The summed E-state index contributed by atoms with van der Waals surface area (Å²) in [5, 5.41) is 9.02. The molecule has 1 saturated carbocycles. The Labute approximate surface area is 108 Å². The molecule has 0 radical (unpaired) electrons. The van der Waals surface area contributed by atoms with Crippen molar-refractivity contribution in [2.45, 2.75) is 50.6 Å². The molecule has 1 amide bonds. The lowest BCUT2D eigenvalue weighted by Crippen LogP contribution is -2.45. The largest absolute Gasteiger partial charge is 0.522 e. The van der Waals surface area contributed by atoms with Crippen LogP contribution in [0.4, 0.5) is 18.0 Å². The number of halogens is 3. The molecule has 0 bridgehead atoms. The molecule has 5 nitrogen and oxygen atoms in total. The first-order valence-electron chi connectivity index (χ1n) is 6.01. The van der Waals surface area contributed by atoms with Gasteiger partial charge in [0, 0.05) is 19.0 Å². The summed E-state index contributed by atoms with van der Waals surface area (Å²) in [4.78, 5) is 22.3. The van der Waals surface area contributed by atoms with Crippen LogP contribution in [-0.4, -0.2) is 47.4 Å². The van der Waals surface area contributed by atoms with Gasteiger partial charge in [-0.05, 0) is 25.7 Å². The fourth-order valence-corrected chi connectivity index (χ4v) is 2.33. The maximum atomic E-state index is 12.1. The summed E-state index contributed by atoms with van der Waals surface area (Å²) in [6.45, 7) is 0.00222. The topological polar surface area (TPSA) is 66.8 Å². The minimum absolute atomic E-state index is 0.00222. The van der Waals surface area contributed by atoms with E-state index in [1.807, 2.05) is 0 Å². The van der Waals surface area contributed by atoms with E-state index in [4.69, 9.17) is 5.11 Å². The lowest BCUT2D eigenvalue weighted by molar-refractivity contribution is -0.346. The van der Waals surface area contributed by atoms with Crippen LogP contribution in [0.3, 0.4) is 0 Å². The zero-order valence-electron chi connectivity index (χ0n) is 10.2. The van der Waals surface area contributed by atoms with Crippen LogP contribution >= 0.6 is 0 Å². The number of nitrogens with zero attached hydrogens (tertiary/aromatic N) is 1. The molecule has 8 heteroatoms. The van der Waals surface area contributed by atoms with Crippen LogP contribution in [0, 0.1) is 0 Å². The molecule has 0 aromatic carbocycles. The van der Waals surface area contributed by atoms with E-state index in [2.05, 4.69) is 4.74 Å².